The van der Waals surface area contributed by atoms with Crippen LogP contribution in [0.5, 0.6) is 5.75 Å². The Morgan fingerprint density at radius 1 is 1.35 bits per heavy atom. The molecule has 6 nitrogen and oxygen atoms in total. The third kappa shape index (κ3) is 3.55. The van der Waals surface area contributed by atoms with Crippen molar-refractivity contribution in [1.82, 2.24) is 20.2 Å². The molecule has 1 fully saturated rings. The monoisotopic (exact) mass is 352 g/mol. The van der Waals surface area contributed by atoms with Crippen LogP contribution < -0.4 is 10.1 Å². The number of fused-ring (bicyclic) bond motifs is 1. The quantitative estimate of drug-likeness (QED) is 0.907. The fourth-order valence-corrected chi connectivity index (χ4v) is 3.65. The zero-order chi connectivity index (χ0) is 17.9. The van der Waals surface area contributed by atoms with Gasteiger partial charge in [-0.25, -0.2) is 9.97 Å². The summed E-state index contributed by atoms with van der Waals surface area (Å²) >= 11 is 0. The number of hydrogen-bond donors (Lipinski definition) is 1. The second kappa shape index (κ2) is 7.41. The number of carbonyl (C=O) groups excluding carboxylic acids is 1. The van der Waals surface area contributed by atoms with Gasteiger partial charge < -0.3 is 15.0 Å². The Hall–Kier alpha value is -2.47. The van der Waals surface area contributed by atoms with Crippen molar-refractivity contribution in [3.8, 4) is 5.75 Å². The van der Waals surface area contributed by atoms with Crippen molar-refractivity contribution in [2.45, 2.75) is 31.7 Å². The van der Waals surface area contributed by atoms with Crippen LogP contribution in [0.1, 0.15) is 35.0 Å². The van der Waals surface area contributed by atoms with Crippen LogP contribution in [-0.2, 0) is 24.2 Å². The minimum absolute atomic E-state index is 0.143. The van der Waals surface area contributed by atoms with Crippen LogP contribution in [0.25, 0.3) is 0 Å². The maximum Gasteiger partial charge on any atom is 0.227 e. The van der Waals surface area contributed by atoms with Gasteiger partial charge >= 0.3 is 0 Å². The van der Waals surface area contributed by atoms with E-state index in [1.807, 2.05) is 35.4 Å². The van der Waals surface area contributed by atoms with Gasteiger partial charge in [-0.1, -0.05) is 12.1 Å². The molecule has 4 rings (SSSR count). The Morgan fingerprint density at radius 3 is 2.92 bits per heavy atom. The number of amides is 1. The summed E-state index contributed by atoms with van der Waals surface area (Å²) in [5, 5.41) is 3.36. The van der Waals surface area contributed by atoms with E-state index >= 15 is 0 Å². The van der Waals surface area contributed by atoms with Crippen LogP contribution in [0.4, 0.5) is 0 Å². The number of methoxy groups -OCH3 is 1. The van der Waals surface area contributed by atoms with Gasteiger partial charge in [0.25, 0.3) is 0 Å². The molecular formula is C20H24N4O2. The summed E-state index contributed by atoms with van der Waals surface area (Å²) in [6.07, 6.45) is 4.24. The molecule has 0 unspecified atom stereocenters. The highest BCUT2D eigenvalue weighted by Crippen LogP contribution is 2.23. The molecule has 2 aliphatic heterocycles. The van der Waals surface area contributed by atoms with Crippen molar-refractivity contribution in [3.63, 3.8) is 0 Å². The van der Waals surface area contributed by atoms with Crippen molar-refractivity contribution in [2.75, 3.05) is 26.7 Å². The van der Waals surface area contributed by atoms with Crippen molar-refractivity contribution >= 4 is 5.91 Å². The van der Waals surface area contributed by atoms with Gasteiger partial charge in [-0.3, -0.25) is 4.79 Å². The van der Waals surface area contributed by atoms with Gasteiger partial charge in [0.2, 0.25) is 5.91 Å². The lowest BCUT2D eigenvalue weighted by atomic mass is 10.0. The molecular weight excluding hydrogens is 328 g/mol. The number of hydrogen-bond acceptors (Lipinski definition) is 5. The van der Waals surface area contributed by atoms with Crippen molar-refractivity contribution in [3.05, 3.63) is 53.1 Å². The van der Waals surface area contributed by atoms with E-state index in [1.54, 1.807) is 7.11 Å². The summed E-state index contributed by atoms with van der Waals surface area (Å²) in [4.78, 5) is 23.9. The minimum Gasteiger partial charge on any atom is -0.497 e. The zero-order valence-electron chi connectivity index (χ0n) is 15.1. The molecule has 0 aliphatic carbocycles. The first-order chi connectivity index (χ1) is 12.7. The smallest absolute Gasteiger partial charge is 0.227 e. The largest absolute Gasteiger partial charge is 0.497 e. The highest BCUT2D eigenvalue weighted by Gasteiger charge is 2.25. The standard InChI is InChI=1S/C20H24N4O2/c1-26-17-4-2-14(3-5-17)10-19(25)24-9-7-18-16(13-24)12-22-20(23-18)15-6-8-21-11-15/h2-5,12,15,21H,6-11,13H2,1H3/t15-/m0/s1. The molecule has 1 saturated heterocycles. The molecule has 1 amide bonds. The second-order valence-electron chi connectivity index (χ2n) is 6.98. The maximum atomic E-state index is 12.7. The van der Waals surface area contributed by atoms with E-state index in [2.05, 4.69) is 10.3 Å². The molecule has 0 radical (unpaired) electrons. The molecule has 3 heterocycles. The normalized spacial score (nSPS) is 19.3. The van der Waals surface area contributed by atoms with Crippen LogP contribution in [0.15, 0.2) is 30.5 Å². The molecule has 1 aromatic carbocycles. The molecule has 1 aromatic heterocycles. The lowest BCUT2D eigenvalue weighted by Crippen LogP contribution is -2.37. The van der Waals surface area contributed by atoms with Gasteiger partial charge in [0.15, 0.2) is 0 Å². The molecule has 0 bridgehead atoms. The van der Waals surface area contributed by atoms with Gasteiger partial charge in [0.1, 0.15) is 11.6 Å². The minimum atomic E-state index is 0.143. The summed E-state index contributed by atoms with van der Waals surface area (Å²) < 4.78 is 5.16. The van der Waals surface area contributed by atoms with Crippen LogP contribution in [-0.4, -0.2) is 47.5 Å². The first-order valence-electron chi connectivity index (χ1n) is 9.19. The SMILES string of the molecule is COc1ccc(CC(=O)N2CCc3nc([C@H]4CCNC4)ncc3C2)cc1. The van der Waals surface area contributed by atoms with E-state index in [9.17, 15) is 4.79 Å². The highest BCUT2D eigenvalue weighted by atomic mass is 16.5. The molecule has 2 aliphatic rings. The summed E-state index contributed by atoms with van der Waals surface area (Å²) in [5.74, 6) is 2.32. The van der Waals surface area contributed by atoms with E-state index in [0.29, 0.717) is 18.9 Å². The summed E-state index contributed by atoms with van der Waals surface area (Å²) in [6.45, 7) is 3.33. The van der Waals surface area contributed by atoms with Crippen LogP contribution in [0.2, 0.25) is 0 Å². The molecule has 1 atom stereocenters. The molecule has 136 valence electrons. The Labute approximate surface area is 153 Å². The number of benzene rings is 1. The molecule has 2 aromatic rings. The first-order valence-corrected chi connectivity index (χ1v) is 9.19. The lowest BCUT2D eigenvalue weighted by molar-refractivity contribution is -0.131. The third-order valence-corrected chi connectivity index (χ3v) is 5.25. The van der Waals surface area contributed by atoms with E-state index in [4.69, 9.17) is 9.72 Å². The fraction of sp³-hybridized carbons (Fsp3) is 0.450. The zero-order valence-corrected chi connectivity index (χ0v) is 15.1. The Bertz CT molecular complexity index is 785. The molecule has 0 saturated carbocycles. The van der Waals surface area contributed by atoms with Gasteiger partial charge in [0.05, 0.1) is 19.2 Å². The van der Waals surface area contributed by atoms with E-state index < -0.39 is 0 Å². The molecule has 6 heteroatoms. The maximum absolute atomic E-state index is 12.7. The topological polar surface area (TPSA) is 67.3 Å². The molecule has 0 spiro atoms. The van der Waals surface area contributed by atoms with E-state index in [0.717, 1.165) is 60.9 Å². The van der Waals surface area contributed by atoms with Gasteiger partial charge in [-0.2, -0.15) is 0 Å². The van der Waals surface area contributed by atoms with Crippen LogP contribution >= 0.6 is 0 Å². The Kier molecular flexibility index (Phi) is 4.84. The number of carbonyl (C=O) groups is 1. The van der Waals surface area contributed by atoms with Crippen molar-refractivity contribution < 1.29 is 9.53 Å². The number of ether oxygens (including phenoxy) is 1. The van der Waals surface area contributed by atoms with Gasteiger partial charge in [-0.15, -0.1) is 0 Å². The van der Waals surface area contributed by atoms with E-state index in [-0.39, 0.29) is 5.91 Å². The van der Waals surface area contributed by atoms with Crippen molar-refractivity contribution in [2.24, 2.45) is 0 Å². The second-order valence-corrected chi connectivity index (χ2v) is 6.98. The third-order valence-electron chi connectivity index (χ3n) is 5.25. The van der Waals surface area contributed by atoms with E-state index in [1.165, 1.54) is 0 Å². The fourth-order valence-electron chi connectivity index (χ4n) is 3.65. The molecule has 1 N–H and O–H groups in total. The summed E-state index contributed by atoms with van der Waals surface area (Å²) in [6, 6.07) is 7.67. The Balaban J connectivity index is 1.41. The average Bonchev–Trinajstić information content (AvgIpc) is 3.22. The number of rotatable bonds is 4. The highest BCUT2D eigenvalue weighted by molar-refractivity contribution is 5.79. The summed E-state index contributed by atoms with van der Waals surface area (Å²) in [7, 11) is 1.64. The summed E-state index contributed by atoms with van der Waals surface area (Å²) in [5.41, 5.74) is 3.19. The predicted octanol–water partition coefficient (Wildman–Crippen LogP) is 1.69. The predicted molar refractivity (Wildman–Crippen MR) is 98.1 cm³/mol. The van der Waals surface area contributed by atoms with Crippen LogP contribution in [0, 0.1) is 0 Å². The Morgan fingerprint density at radius 2 is 2.19 bits per heavy atom. The number of nitrogens with zero attached hydrogens (tertiary/aromatic N) is 3. The average molecular weight is 352 g/mol. The van der Waals surface area contributed by atoms with Gasteiger partial charge in [0, 0.05) is 43.7 Å². The number of aromatic nitrogens is 2. The van der Waals surface area contributed by atoms with Crippen molar-refractivity contribution in [1.29, 1.82) is 0 Å². The van der Waals surface area contributed by atoms with Crippen LogP contribution in [0.3, 0.4) is 0 Å². The number of nitrogens with one attached hydrogen (secondary N) is 1. The first kappa shape index (κ1) is 17.0. The molecule has 26 heavy (non-hydrogen) atoms. The lowest BCUT2D eigenvalue weighted by Gasteiger charge is -2.28. The van der Waals surface area contributed by atoms with Gasteiger partial charge in [-0.05, 0) is 30.7 Å².